The number of nitrogens with zero attached hydrogens (tertiary/aromatic N) is 2. The maximum absolute atomic E-state index is 12.3. The van der Waals surface area contributed by atoms with Gasteiger partial charge in [0.15, 0.2) is 0 Å². The van der Waals surface area contributed by atoms with Crippen LogP contribution in [0.4, 0.5) is 0 Å². The number of carbonyl (C=O) groups excluding carboxylic acids is 1. The predicted molar refractivity (Wildman–Crippen MR) is 70.9 cm³/mol. The molecule has 0 aromatic rings. The Labute approximate surface area is 114 Å². The lowest BCUT2D eigenvalue weighted by Gasteiger charge is -2.33. The summed E-state index contributed by atoms with van der Waals surface area (Å²) in [5, 5.41) is 0. The van der Waals surface area contributed by atoms with Crippen molar-refractivity contribution in [1.29, 1.82) is 0 Å². The Morgan fingerprint density at radius 1 is 1.05 bits per heavy atom. The molecule has 0 saturated carbocycles. The van der Waals surface area contributed by atoms with E-state index < -0.39 is 0 Å². The molecule has 1 amide bonds. The lowest BCUT2D eigenvalue weighted by atomic mass is 9.82. The van der Waals surface area contributed by atoms with Crippen molar-refractivity contribution in [3.63, 3.8) is 0 Å². The smallest absolute Gasteiger partial charge is 0.236 e. The van der Waals surface area contributed by atoms with Gasteiger partial charge in [0.25, 0.3) is 0 Å². The minimum absolute atomic E-state index is 0.263. The molecule has 3 heterocycles. The van der Waals surface area contributed by atoms with E-state index in [2.05, 4.69) is 4.90 Å². The molecule has 3 saturated heterocycles. The predicted octanol–water partition coefficient (Wildman–Crippen LogP) is 0.348. The van der Waals surface area contributed by atoms with Crippen LogP contribution in [0.3, 0.4) is 0 Å². The molecule has 1 spiro atoms. The van der Waals surface area contributed by atoms with Gasteiger partial charge in [-0.3, -0.25) is 9.69 Å². The van der Waals surface area contributed by atoms with Gasteiger partial charge < -0.3 is 14.4 Å². The van der Waals surface area contributed by atoms with Crippen LogP contribution in [0.2, 0.25) is 0 Å². The van der Waals surface area contributed by atoms with Crippen LogP contribution in [0.15, 0.2) is 0 Å². The summed E-state index contributed by atoms with van der Waals surface area (Å²) in [5.74, 6) is 0.282. The first-order valence-electron chi connectivity index (χ1n) is 7.43. The summed E-state index contributed by atoms with van der Waals surface area (Å²) in [7, 11) is 0. The van der Waals surface area contributed by atoms with Crippen LogP contribution in [-0.4, -0.2) is 74.9 Å². The zero-order valence-corrected chi connectivity index (χ0v) is 11.6. The summed E-state index contributed by atoms with van der Waals surface area (Å²) in [6, 6.07) is 0. The summed E-state index contributed by atoms with van der Waals surface area (Å²) in [4.78, 5) is 16.6. The van der Waals surface area contributed by atoms with Crippen LogP contribution >= 0.6 is 0 Å². The number of hydrogen-bond donors (Lipinski definition) is 0. The summed E-state index contributed by atoms with van der Waals surface area (Å²) in [6.45, 7) is 7.37. The molecule has 1 atom stereocenters. The Morgan fingerprint density at radius 2 is 1.89 bits per heavy atom. The molecule has 19 heavy (non-hydrogen) atoms. The van der Waals surface area contributed by atoms with E-state index in [4.69, 9.17) is 9.47 Å². The van der Waals surface area contributed by atoms with Gasteiger partial charge in [0.1, 0.15) is 0 Å². The highest BCUT2D eigenvalue weighted by atomic mass is 16.5. The van der Waals surface area contributed by atoms with E-state index in [1.165, 1.54) is 6.42 Å². The van der Waals surface area contributed by atoms with E-state index in [0.29, 0.717) is 6.54 Å². The number of likely N-dealkylation sites (tertiary alicyclic amines) is 1. The molecule has 5 nitrogen and oxygen atoms in total. The molecule has 5 heteroatoms. The van der Waals surface area contributed by atoms with Crippen molar-refractivity contribution in [2.24, 2.45) is 5.41 Å². The normalized spacial score (nSPS) is 32.9. The molecule has 108 valence electrons. The first kappa shape index (κ1) is 13.3. The first-order valence-corrected chi connectivity index (χ1v) is 7.43. The van der Waals surface area contributed by atoms with Gasteiger partial charge in [0.2, 0.25) is 5.91 Å². The maximum Gasteiger partial charge on any atom is 0.236 e. The highest BCUT2D eigenvalue weighted by molar-refractivity contribution is 5.78. The molecule has 3 aliphatic rings. The highest BCUT2D eigenvalue weighted by Gasteiger charge is 2.41. The third-order valence-corrected chi connectivity index (χ3v) is 4.66. The Hall–Kier alpha value is -0.650. The van der Waals surface area contributed by atoms with Crippen molar-refractivity contribution in [3.05, 3.63) is 0 Å². The zero-order valence-electron chi connectivity index (χ0n) is 11.6. The van der Waals surface area contributed by atoms with Crippen molar-refractivity contribution in [2.45, 2.75) is 19.3 Å². The second kappa shape index (κ2) is 5.77. The standard InChI is InChI=1S/C14H24N2O3/c17-13(10-15-5-8-18-9-6-15)16-4-3-14(11-16)2-1-7-19-12-14/h1-12H2. The fourth-order valence-electron chi connectivity index (χ4n) is 3.43. The molecule has 0 N–H and O–H groups in total. The molecular formula is C14H24N2O3. The third kappa shape index (κ3) is 3.09. The van der Waals surface area contributed by atoms with Gasteiger partial charge in [-0.05, 0) is 19.3 Å². The monoisotopic (exact) mass is 268 g/mol. The second-order valence-corrected chi connectivity index (χ2v) is 6.11. The van der Waals surface area contributed by atoms with Gasteiger partial charge in [-0.25, -0.2) is 0 Å². The van der Waals surface area contributed by atoms with Gasteiger partial charge in [0, 0.05) is 38.2 Å². The minimum atomic E-state index is 0.263. The van der Waals surface area contributed by atoms with E-state index in [1.807, 2.05) is 4.90 Å². The quantitative estimate of drug-likeness (QED) is 0.724. The fourth-order valence-corrected chi connectivity index (χ4v) is 3.43. The number of carbonyl (C=O) groups is 1. The van der Waals surface area contributed by atoms with E-state index >= 15 is 0 Å². The van der Waals surface area contributed by atoms with Crippen molar-refractivity contribution >= 4 is 5.91 Å². The molecule has 0 radical (unpaired) electrons. The van der Waals surface area contributed by atoms with Crippen molar-refractivity contribution < 1.29 is 14.3 Å². The fraction of sp³-hybridized carbons (Fsp3) is 0.929. The molecule has 0 bridgehead atoms. The lowest BCUT2D eigenvalue weighted by molar-refractivity contribution is -0.133. The van der Waals surface area contributed by atoms with Crippen LogP contribution in [0.25, 0.3) is 0 Å². The summed E-state index contributed by atoms with van der Waals surface area (Å²) in [5.41, 5.74) is 0.263. The van der Waals surface area contributed by atoms with Crippen molar-refractivity contribution in [3.8, 4) is 0 Å². The average molecular weight is 268 g/mol. The Morgan fingerprint density at radius 3 is 2.63 bits per heavy atom. The first-order chi connectivity index (χ1) is 9.27. The van der Waals surface area contributed by atoms with E-state index in [-0.39, 0.29) is 11.3 Å². The third-order valence-electron chi connectivity index (χ3n) is 4.66. The molecule has 1 unspecified atom stereocenters. The van der Waals surface area contributed by atoms with Gasteiger partial charge in [-0.15, -0.1) is 0 Å². The van der Waals surface area contributed by atoms with Gasteiger partial charge in [-0.1, -0.05) is 0 Å². The van der Waals surface area contributed by atoms with E-state index in [0.717, 1.165) is 65.4 Å². The maximum atomic E-state index is 12.3. The number of rotatable bonds is 2. The largest absolute Gasteiger partial charge is 0.381 e. The molecule has 0 aromatic carbocycles. The van der Waals surface area contributed by atoms with Crippen LogP contribution in [-0.2, 0) is 14.3 Å². The van der Waals surface area contributed by atoms with Gasteiger partial charge in [-0.2, -0.15) is 0 Å². The van der Waals surface area contributed by atoms with Crippen LogP contribution < -0.4 is 0 Å². The van der Waals surface area contributed by atoms with Crippen LogP contribution in [0, 0.1) is 5.41 Å². The zero-order chi connectivity index (χ0) is 13.1. The summed E-state index contributed by atoms with van der Waals surface area (Å²) >= 11 is 0. The summed E-state index contributed by atoms with van der Waals surface area (Å²) in [6.07, 6.45) is 3.47. The van der Waals surface area contributed by atoms with E-state index in [9.17, 15) is 4.79 Å². The van der Waals surface area contributed by atoms with Gasteiger partial charge in [0.05, 0.1) is 26.4 Å². The molecule has 3 fully saturated rings. The molecular weight excluding hydrogens is 244 g/mol. The second-order valence-electron chi connectivity index (χ2n) is 6.11. The molecule has 3 rings (SSSR count). The van der Waals surface area contributed by atoms with E-state index in [1.54, 1.807) is 0 Å². The molecule has 0 aromatic heterocycles. The van der Waals surface area contributed by atoms with Crippen molar-refractivity contribution in [1.82, 2.24) is 9.80 Å². The summed E-state index contributed by atoms with van der Waals surface area (Å²) < 4.78 is 10.9. The van der Waals surface area contributed by atoms with Crippen LogP contribution in [0.5, 0.6) is 0 Å². The Kier molecular flexibility index (Phi) is 4.05. The highest BCUT2D eigenvalue weighted by Crippen LogP contribution is 2.37. The topological polar surface area (TPSA) is 42.0 Å². The average Bonchev–Trinajstić information content (AvgIpc) is 2.85. The molecule has 3 aliphatic heterocycles. The van der Waals surface area contributed by atoms with Crippen LogP contribution in [0.1, 0.15) is 19.3 Å². The molecule has 0 aliphatic carbocycles. The SMILES string of the molecule is O=C(CN1CCOCC1)N1CCC2(CCCOC2)C1. The number of morpholine rings is 1. The Balaban J connectivity index is 1.50. The Bertz CT molecular complexity index is 323. The number of amides is 1. The van der Waals surface area contributed by atoms with Gasteiger partial charge >= 0.3 is 0 Å². The van der Waals surface area contributed by atoms with Crippen molar-refractivity contribution in [2.75, 3.05) is 59.2 Å². The minimum Gasteiger partial charge on any atom is -0.381 e. The number of ether oxygens (including phenoxy) is 2. The number of hydrogen-bond acceptors (Lipinski definition) is 4. The lowest BCUT2D eigenvalue weighted by Crippen LogP contribution is -2.45.